The van der Waals surface area contributed by atoms with Crippen LogP contribution in [0.3, 0.4) is 0 Å². The SMILES string of the molecule is CCCCCCc1ccc(NF)cc1. The fourth-order valence-corrected chi connectivity index (χ4v) is 1.49. The number of unbranched alkanes of at least 4 members (excludes halogenated alkanes) is 3. The van der Waals surface area contributed by atoms with Crippen molar-refractivity contribution in [3.05, 3.63) is 29.8 Å². The van der Waals surface area contributed by atoms with Crippen molar-refractivity contribution in [2.75, 3.05) is 5.54 Å². The van der Waals surface area contributed by atoms with Gasteiger partial charge in [-0.2, -0.15) is 0 Å². The predicted molar refractivity (Wildman–Crippen MR) is 59.0 cm³/mol. The molecule has 0 unspecified atom stereocenters. The number of anilines is 1. The van der Waals surface area contributed by atoms with Crippen molar-refractivity contribution in [3.8, 4) is 0 Å². The molecule has 14 heavy (non-hydrogen) atoms. The van der Waals surface area contributed by atoms with E-state index in [-0.39, 0.29) is 0 Å². The second kappa shape index (κ2) is 6.41. The first-order valence-corrected chi connectivity index (χ1v) is 5.32. The topological polar surface area (TPSA) is 12.0 Å². The third-order valence-electron chi connectivity index (χ3n) is 2.38. The third kappa shape index (κ3) is 3.77. The van der Waals surface area contributed by atoms with Crippen LogP contribution in [0.1, 0.15) is 38.2 Å². The summed E-state index contributed by atoms with van der Waals surface area (Å²) in [7, 11) is 0. The van der Waals surface area contributed by atoms with Crippen LogP contribution in [0.25, 0.3) is 0 Å². The van der Waals surface area contributed by atoms with Crippen LogP contribution in [0.4, 0.5) is 10.2 Å². The van der Waals surface area contributed by atoms with E-state index in [1.807, 2.05) is 12.1 Å². The lowest BCUT2D eigenvalue weighted by atomic mass is 10.1. The standard InChI is InChI=1S/C12H18FN/c1-2-3-4-5-6-11-7-9-12(14-13)10-8-11/h7-10,14H,2-6H2,1H3. The number of rotatable bonds is 6. The minimum Gasteiger partial charge on any atom is -0.225 e. The maximum atomic E-state index is 12.0. The molecule has 0 bridgehead atoms. The van der Waals surface area contributed by atoms with Gasteiger partial charge in [0.25, 0.3) is 0 Å². The average Bonchev–Trinajstić information content (AvgIpc) is 2.25. The summed E-state index contributed by atoms with van der Waals surface area (Å²) in [6.07, 6.45) is 6.21. The Morgan fingerprint density at radius 1 is 1.07 bits per heavy atom. The maximum Gasteiger partial charge on any atom is 0.0655 e. The molecule has 78 valence electrons. The molecule has 0 fully saturated rings. The molecular formula is C12H18FN. The Kier molecular flexibility index (Phi) is 5.05. The number of aryl methyl sites for hydroxylation is 1. The molecule has 0 aliphatic rings. The predicted octanol–water partition coefficient (Wildman–Crippen LogP) is 4.11. The van der Waals surface area contributed by atoms with Gasteiger partial charge in [-0.25, -0.2) is 5.54 Å². The summed E-state index contributed by atoms with van der Waals surface area (Å²) in [5, 5.41) is 0. The summed E-state index contributed by atoms with van der Waals surface area (Å²) in [4.78, 5) is 0. The van der Waals surface area contributed by atoms with Crippen LogP contribution in [-0.2, 0) is 6.42 Å². The molecule has 1 nitrogen and oxygen atoms in total. The van der Waals surface area contributed by atoms with E-state index < -0.39 is 0 Å². The molecule has 1 N–H and O–H groups in total. The Bertz CT molecular complexity index is 243. The second-order valence-electron chi connectivity index (χ2n) is 3.60. The van der Waals surface area contributed by atoms with Gasteiger partial charge in [-0.05, 0) is 30.5 Å². The molecule has 0 radical (unpaired) electrons. The lowest BCUT2D eigenvalue weighted by molar-refractivity contribution is 0.617. The Labute approximate surface area is 85.3 Å². The van der Waals surface area contributed by atoms with Crippen molar-refractivity contribution >= 4 is 5.69 Å². The average molecular weight is 195 g/mol. The fourth-order valence-electron chi connectivity index (χ4n) is 1.49. The van der Waals surface area contributed by atoms with Crippen LogP contribution in [0, 0.1) is 0 Å². The molecular weight excluding hydrogens is 177 g/mol. The van der Waals surface area contributed by atoms with E-state index in [0.717, 1.165) is 6.42 Å². The lowest BCUT2D eigenvalue weighted by Crippen LogP contribution is -1.87. The van der Waals surface area contributed by atoms with Gasteiger partial charge in [0.15, 0.2) is 0 Å². The van der Waals surface area contributed by atoms with Gasteiger partial charge in [0, 0.05) is 0 Å². The zero-order valence-corrected chi connectivity index (χ0v) is 8.72. The molecule has 0 aliphatic heterocycles. The maximum absolute atomic E-state index is 12.0. The minimum absolute atomic E-state index is 0.530. The third-order valence-corrected chi connectivity index (χ3v) is 2.38. The molecule has 1 aromatic carbocycles. The van der Waals surface area contributed by atoms with Gasteiger partial charge < -0.3 is 0 Å². The first-order chi connectivity index (χ1) is 6.86. The van der Waals surface area contributed by atoms with Gasteiger partial charge in [0.2, 0.25) is 0 Å². The van der Waals surface area contributed by atoms with Gasteiger partial charge in [0.1, 0.15) is 0 Å². The first-order valence-electron chi connectivity index (χ1n) is 5.32. The highest BCUT2D eigenvalue weighted by molar-refractivity contribution is 5.42. The van der Waals surface area contributed by atoms with E-state index in [2.05, 4.69) is 6.92 Å². The highest BCUT2D eigenvalue weighted by Gasteiger charge is 1.94. The molecule has 0 saturated heterocycles. The monoisotopic (exact) mass is 195 g/mol. The van der Waals surface area contributed by atoms with Crippen LogP contribution in [0.15, 0.2) is 24.3 Å². The molecule has 1 aromatic rings. The Morgan fingerprint density at radius 2 is 1.79 bits per heavy atom. The summed E-state index contributed by atoms with van der Waals surface area (Å²) < 4.78 is 12.0. The summed E-state index contributed by atoms with van der Waals surface area (Å²) >= 11 is 0. The summed E-state index contributed by atoms with van der Waals surface area (Å²) in [5.74, 6) is 0. The zero-order valence-electron chi connectivity index (χ0n) is 8.72. The van der Waals surface area contributed by atoms with E-state index in [4.69, 9.17) is 0 Å². The molecule has 0 amide bonds. The van der Waals surface area contributed by atoms with Gasteiger partial charge in [0.05, 0.1) is 5.69 Å². The fraction of sp³-hybridized carbons (Fsp3) is 0.500. The number of benzene rings is 1. The molecule has 0 atom stereocenters. The van der Waals surface area contributed by atoms with Crippen LogP contribution < -0.4 is 5.54 Å². The van der Waals surface area contributed by atoms with Gasteiger partial charge in [-0.3, -0.25) is 0 Å². The smallest absolute Gasteiger partial charge is 0.0655 e. The molecule has 0 aromatic heterocycles. The van der Waals surface area contributed by atoms with E-state index in [9.17, 15) is 4.48 Å². The van der Waals surface area contributed by atoms with Crippen molar-refractivity contribution in [2.24, 2.45) is 0 Å². The minimum atomic E-state index is 0.530. The van der Waals surface area contributed by atoms with Crippen molar-refractivity contribution in [1.29, 1.82) is 0 Å². The van der Waals surface area contributed by atoms with Crippen LogP contribution in [0.5, 0.6) is 0 Å². The molecule has 2 heteroatoms. The Hall–Kier alpha value is -1.05. The first kappa shape index (κ1) is 11.0. The van der Waals surface area contributed by atoms with Crippen LogP contribution in [0.2, 0.25) is 0 Å². The molecule has 0 spiro atoms. The second-order valence-corrected chi connectivity index (χ2v) is 3.60. The molecule has 1 rings (SSSR count). The van der Waals surface area contributed by atoms with Crippen molar-refractivity contribution in [1.82, 2.24) is 0 Å². The molecule has 0 saturated carbocycles. The lowest BCUT2D eigenvalue weighted by Gasteiger charge is -2.02. The molecule has 0 aliphatic carbocycles. The summed E-state index contributed by atoms with van der Waals surface area (Å²) in [6, 6.07) is 7.51. The van der Waals surface area contributed by atoms with Crippen molar-refractivity contribution in [2.45, 2.75) is 39.0 Å². The quantitative estimate of drug-likeness (QED) is 0.532. The van der Waals surface area contributed by atoms with Crippen molar-refractivity contribution < 1.29 is 4.48 Å². The van der Waals surface area contributed by atoms with E-state index >= 15 is 0 Å². The normalized spacial score (nSPS) is 10.1. The van der Waals surface area contributed by atoms with Crippen LogP contribution >= 0.6 is 0 Å². The summed E-state index contributed by atoms with van der Waals surface area (Å²) in [5.41, 5.74) is 3.45. The number of hydrogen-bond acceptors (Lipinski definition) is 1. The number of halogens is 1. The van der Waals surface area contributed by atoms with E-state index in [1.165, 1.54) is 31.2 Å². The van der Waals surface area contributed by atoms with Gasteiger partial charge in [-0.15, -0.1) is 4.48 Å². The Balaban J connectivity index is 2.29. The number of hydrogen-bond donors (Lipinski definition) is 1. The summed E-state index contributed by atoms with van der Waals surface area (Å²) in [6.45, 7) is 2.21. The van der Waals surface area contributed by atoms with E-state index in [1.54, 1.807) is 17.7 Å². The highest BCUT2D eigenvalue weighted by atomic mass is 19.2. The van der Waals surface area contributed by atoms with Crippen LogP contribution in [-0.4, -0.2) is 0 Å². The highest BCUT2D eigenvalue weighted by Crippen LogP contribution is 2.12. The largest absolute Gasteiger partial charge is 0.225 e. The zero-order chi connectivity index (χ0) is 10.2. The van der Waals surface area contributed by atoms with Gasteiger partial charge in [-0.1, -0.05) is 38.3 Å². The van der Waals surface area contributed by atoms with E-state index in [0.29, 0.717) is 5.69 Å². The molecule has 0 heterocycles. The van der Waals surface area contributed by atoms with Gasteiger partial charge >= 0.3 is 0 Å². The Morgan fingerprint density at radius 3 is 2.36 bits per heavy atom. The number of nitrogens with one attached hydrogen (secondary N) is 1. The van der Waals surface area contributed by atoms with Crippen molar-refractivity contribution in [3.63, 3.8) is 0 Å².